The molecule has 1 saturated heterocycles. The second-order valence-electron chi connectivity index (χ2n) is 3.58. The van der Waals surface area contributed by atoms with E-state index in [9.17, 15) is 8.42 Å². The Morgan fingerprint density at radius 3 is 2.47 bits per heavy atom. The molecular formula is C10H13NO3S. The molecule has 2 rings (SSSR count). The largest absolute Gasteiger partial charge is 0.371 e. The van der Waals surface area contributed by atoms with Crippen LogP contribution in [0, 0.1) is 0 Å². The number of para-hydroxylation sites is 1. The van der Waals surface area contributed by atoms with Gasteiger partial charge in [-0.25, -0.2) is 8.42 Å². The van der Waals surface area contributed by atoms with Gasteiger partial charge < -0.3 is 4.74 Å². The molecule has 0 aliphatic carbocycles. The average molecular weight is 227 g/mol. The van der Waals surface area contributed by atoms with Gasteiger partial charge in [0.15, 0.2) is 0 Å². The number of rotatable bonds is 4. The zero-order valence-corrected chi connectivity index (χ0v) is 9.28. The van der Waals surface area contributed by atoms with Crippen LogP contribution in [-0.2, 0) is 14.8 Å². The molecular weight excluding hydrogens is 214 g/mol. The Labute approximate surface area is 89.5 Å². The first-order chi connectivity index (χ1) is 7.07. The van der Waals surface area contributed by atoms with Gasteiger partial charge in [-0.1, -0.05) is 18.2 Å². The molecule has 0 saturated carbocycles. The highest BCUT2D eigenvalue weighted by atomic mass is 32.2. The Bertz CT molecular complexity index is 425. The number of anilines is 1. The lowest BCUT2D eigenvalue weighted by Crippen LogP contribution is -2.33. The molecule has 1 heterocycles. The van der Waals surface area contributed by atoms with Crippen LogP contribution in [0.3, 0.4) is 0 Å². The molecule has 0 N–H and O–H groups in total. The first kappa shape index (κ1) is 10.4. The van der Waals surface area contributed by atoms with Crippen molar-refractivity contribution in [1.29, 1.82) is 0 Å². The van der Waals surface area contributed by atoms with Crippen molar-refractivity contribution < 1.29 is 13.2 Å². The van der Waals surface area contributed by atoms with Crippen molar-refractivity contribution in [1.82, 2.24) is 0 Å². The molecule has 1 atom stereocenters. The van der Waals surface area contributed by atoms with Crippen molar-refractivity contribution in [2.45, 2.75) is 6.10 Å². The van der Waals surface area contributed by atoms with Gasteiger partial charge in [-0.05, 0) is 12.1 Å². The lowest BCUT2D eigenvalue weighted by atomic mass is 10.3. The maximum atomic E-state index is 11.6. The van der Waals surface area contributed by atoms with E-state index in [1.807, 2.05) is 18.2 Å². The van der Waals surface area contributed by atoms with Gasteiger partial charge in [-0.15, -0.1) is 0 Å². The molecule has 1 fully saturated rings. The Balaban J connectivity index is 2.25. The van der Waals surface area contributed by atoms with Crippen LogP contribution in [0.25, 0.3) is 0 Å². The highest BCUT2D eigenvalue weighted by Gasteiger charge is 2.29. The lowest BCUT2D eigenvalue weighted by molar-refractivity contribution is 0.412. The fourth-order valence-electron chi connectivity index (χ4n) is 1.38. The van der Waals surface area contributed by atoms with Crippen LogP contribution in [0.1, 0.15) is 0 Å². The van der Waals surface area contributed by atoms with E-state index in [1.54, 1.807) is 12.1 Å². The molecule has 0 spiro atoms. The summed E-state index contributed by atoms with van der Waals surface area (Å²) in [6.45, 7) is 1.06. The Kier molecular flexibility index (Phi) is 2.67. The number of hydrogen-bond donors (Lipinski definition) is 0. The third kappa shape index (κ3) is 2.70. The summed E-state index contributed by atoms with van der Waals surface area (Å²) in [7, 11) is -3.22. The zero-order valence-electron chi connectivity index (χ0n) is 8.46. The van der Waals surface area contributed by atoms with Gasteiger partial charge in [0.1, 0.15) is 0 Å². The third-order valence-electron chi connectivity index (χ3n) is 2.22. The van der Waals surface area contributed by atoms with Gasteiger partial charge in [-0.2, -0.15) is 0 Å². The molecule has 1 aliphatic heterocycles. The lowest BCUT2D eigenvalue weighted by Gasteiger charge is -2.21. The number of sulfonamides is 1. The minimum absolute atomic E-state index is 0.0555. The summed E-state index contributed by atoms with van der Waals surface area (Å²) < 4.78 is 29.6. The van der Waals surface area contributed by atoms with Gasteiger partial charge in [0.05, 0.1) is 31.2 Å². The van der Waals surface area contributed by atoms with Gasteiger partial charge in [-0.3, -0.25) is 4.31 Å². The second-order valence-corrected chi connectivity index (χ2v) is 5.49. The van der Waals surface area contributed by atoms with E-state index < -0.39 is 10.0 Å². The molecule has 1 aromatic carbocycles. The predicted molar refractivity (Wildman–Crippen MR) is 58.4 cm³/mol. The van der Waals surface area contributed by atoms with E-state index in [0.717, 1.165) is 0 Å². The van der Waals surface area contributed by atoms with Crippen LogP contribution >= 0.6 is 0 Å². The molecule has 1 unspecified atom stereocenters. The minimum Gasteiger partial charge on any atom is -0.371 e. The van der Waals surface area contributed by atoms with Gasteiger partial charge in [0.25, 0.3) is 0 Å². The quantitative estimate of drug-likeness (QED) is 0.717. The van der Waals surface area contributed by atoms with E-state index in [1.165, 1.54) is 10.6 Å². The number of benzene rings is 1. The normalized spacial score (nSPS) is 19.9. The summed E-state index contributed by atoms with van der Waals surface area (Å²) in [6.07, 6.45) is 1.27. The molecule has 1 aliphatic rings. The summed E-state index contributed by atoms with van der Waals surface area (Å²) in [5.41, 5.74) is 0.690. The van der Waals surface area contributed by atoms with Crippen LogP contribution in [0.5, 0.6) is 0 Å². The molecule has 82 valence electrons. The number of epoxide rings is 1. The standard InChI is InChI=1S/C10H13NO3S/c1-15(12,13)11(7-10-8-14-10)9-5-3-2-4-6-9/h2-6,10H,7-8H2,1H3. The molecule has 0 aromatic heterocycles. The second kappa shape index (κ2) is 3.83. The van der Waals surface area contributed by atoms with Crippen LogP contribution in [0.2, 0.25) is 0 Å². The monoisotopic (exact) mass is 227 g/mol. The maximum Gasteiger partial charge on any atom is 0.232 e. The van der Waals surface area contributed by atoms with E-state index in [-0.39, 0.29) is 6.10 Å². The molecule has 1 aromatic rings. The van der Waals surface area contributed by atoms with E-state index in [2.05, 4.69) is 0 Å². The summed E-state index contributed by atoms with van der Waals surface area (Å²) >= 11 is 0. The van der Waals surface area contributed by atoms with Crippen LogP contribution in [0.4, 0.5) is 5.69 Å². The van der Waals surface area contributed by atoms with Crippen molar-refractivity contribution in [2.75, 3.05) is 23.7 Å². The topological polar surface area (TPSA) is 49.9 Å². The first-order valence-electron chi connectivity index (χ1n) is 4.72. The average Bonchev–Trinajstić information content (AvgIpc) is 2.97. The number of hydrogen-bond acceptors (Lipinski definition) is 3. The predicted octanol–water partition coefficient (Wildman–Crippen LogP) is 0.851. The van der Waals surface area contributed by atoms with Crippen molar-refractivity contribution in [3.05, 3.63) is 30.3 Å². The van der Waals surface area contributed by atoms with Crippen LogP contribution < -0.4 is 4.31 Å². The Morgan fingerprint density at radius 2 is 2.00 bits per heavy atom. The van der Waals surface area contributed by atoms with Crippen LogP contribution in [-0.4, -0.2) is 33.9 Å². The highest BCUT2D eigenvalue weighted by molar-refractivity contribution is 7.92. The van der Waals surface area contributed by atoms with Crippen molar-refractivity contribution in [3.63, 3.8) is 0 Å². The molecule has 5 heteroatoms. The fraction of sp³-hybridized carbons (Fsp3) is 0.400. The maximum absolute atomic E-state index is 11.6. The number of nitrogens with zero attached hydrogens (tertiary/aromatic N) is 1. The summed E-state index contributed by atoms with van der Waals surface area (Å²) in [4.78, 5) is 0. The van der Waals surface area contributed by atoms with Gasteiger partial charge >= 0.3 is 0 Å². The Hall–Kier alpha value is -1.07. The van der Waals surface area contributed by atoms with E-state index >= 15 is 0 Å². The summed E-state index contributed by atoms with van der Waals surface area (Å²) in [6, 6.07) is 9.06. The molecule has 15 heavy (non-hydrogen) atoms. The number of ether oxygens (including phenoxy) is 1. The first-order valence-corrected chi connectivity index (χ1v) is 6.56. The van der Waals surface area contributed by atoms with Gasteiger partial charge in [0.2, 0.25) is 10.0 Å². The van der Waals surface area contributed by atoms with E-state index in [0.29, 0.717) is 18.8 Å². The molecule has 4 nitrogen and oxygen atoms in total. The van der Waals surface area contributed by atoms with Gasteiger partial charge in [0, 0.05) is 0 Å². The smallest absolute Gasteiger partial charge is 0.232 e. The summed E-state index contributed by atoms with van der Waals surface area (Å²) in [5, 5.41) is 0. The molecule has 0 amide bonds. The highest BCUT2D eigenvalue weighted by Crippen LogP contribution is 2.20. The molecule has 0 bridgehead atoms. The zero-order chi connectivity index (χ0) is 10.9. The minimum atomic E-state index is -3.22. The third-order valence-corrected chi connectivity index (χ3v) is 3.38. The molecule has 0 radical (unpaired) electrons. The SMILES string of the molecule is CS(=O)(=O)N(CC1CO1)c1ccccc1. The van der Waals surface area contributed by atoms with Crippen LogP contribution in [0.15, 0.2) is 30.3 Å². The van der Waals surface area contributed by atoms with Crippen molar-refractivity contribution in [3.8, 4) is 0 Å². The van der Waals surface area contributed by atoms with Crippen molar-refractivity contribution in [2.24, 2.45) is 0 Å². The fourth-order valence-corrected chi connectivity index (χ4v) is 2.33. The van der Waals surface area contributed by atoms with E-state index in [4.69, 9.17) is 4.74 Å². The summed E-state index contributed by atoms with van der Waals surface area (Å²) in [5.74, 6) is 0. The van der Waals surface area contributed by atoms with Crippen molar-refractivity contribution >= 4 is 15.7 Å². The Morgan fingerprint density at radius 1 is 1.40 bits per heavy atom.